The van der Waals surface area contributed by atoms with E-state index in [1.54, 1.807) is 18.2 Å². The summed E-state index contributed by atoms with van der Waals surface area (Å²) in [5, 5.41) is 22.5. The van der Waals surface area contributed by atoms with E-state index < -0.39 is 11.2 Å². The Labute approximate surface area is 154 Å². The van der Waals surface area contributed by atoms with E-state index in [0.717, 1.165) is 0 Å². The van der Waals surface area contributed by atoms with E-state index in [-0.39, 0.29) is 22.4 Å². The fourth-order valence-corrected chi connectivity index (χ4v) is 3.28. The fourth-order valence-electron chi connectivity index (χ4n) is 3.28. The number of nitrogens with one attached hydrogen (secondary N) is 1. The van der Waals surface area contributed by atoms with Gasteiger partial charge >= 0.3 is 5.97 Å². The molecule has 8 heteroatoms. The van der Waals surface area contributed by atoms with Crippen LogP contribution in [0.5, 0.6) is 17.2 Å². The molecule has 0 aliphatic heterocycles. The summed E-state index contributed by atoms with van der Waals surface area (Å²) in [7, 11) is 5.63. The Balaban J connectivity index is 2.68. The Morgan fingerprint density at radius 2 is 1.67 bits per heavy atom. The molecular weight excluding hydrogens is 354 g/mol. The van der Waals surface area contributed by atoms with Gasteiger partial charge in [0.25, 0.3) is 0 Å². The van der Waals surface area contributed by atoms with Crippen LogP contribution in [0.25, 0.3) is 21.5 Å². The van der Waals surface area contributed by atoms with Crippen molar-refractivity contribution in [2.75, 3.05) is 28.4 Å². The molecule has 2 N–H and O–H groups in total. The Hall–Kier alpha value is -3.07. The Bertz CT molecular complexity index is 1030. The van der Waals surface area contributed by atoms with Crippen LogP contribution in [-0.2, 0) is 4.74 Å². The molecule has 0 spiro atoms. The van der Waals surface area contributed by atoms with Crippen molar-refractivity contribution in [2.45, 2.75) is 0 Å². The van der Waals surface area contributed by atoms with E-state index in [9.17, 15) is 15.2 Å². The van der Waals surface area contributed by atoms with Crippen molar-refractivity contribution in [3.05, 3.63) is 41.1 Å². The highest BCUT2D eigenvalue weighted by Crippen LogP contribution is 2.45. The highest BCUT2D eigenvalue weighted by atomic mass is 16.8. The minimum Gasteiger partial charge on any atom is -0.595 e. The van der Waals surface area contributed by atoms with E-state index in [0.29, 0.717) is 27.7 Å². The SMILES string of the molecule is COC(=O)c1cc(OC)c(OC)c2c1c([NH+]([O-])O)cc1c(OC)cccc12. The molecule has 0 aliphatic carbocycles. The molecule has 0 aromatic heterocycles. The van der Waals surface area contributed by atoms with Crippen LogP contribution in [0.4, 0.5) is 5.69 Å². The molecule has 3 aromatic carbocycles. The van der Waals surface area contributed by atoms with Crippen molar-refractivity contribution in [3.63, 3.8) is 0 Å². The number of ether oxygens (including phenoxy) is 4. The molecule has 27 heavy (non-hydrogen) atoms. The molecule has 0 saturated carbocycles. The molecule has 1 atom stereocenters. The second-order valence-corrected chi connectivity index (χ2v) is 5.69. The highest BCUT2D eigenvalue weighted by molar-refractivity contribution is 6.22. The Morgan fingerprint density at radius 1 is 0.963 bits per heavy atom. The van der Waals surface area contributed by atoms with Gasteiger partial charge in [-0.15, -0.1) is 0 Å². The first-order chi connectivity index (χ1) is 13.0. The number of carbonyl (C=O) groups excluding carboxylic acids is 1. The minimum absolute atomic E-state index is 0.0663. The van der Waals surface area contributed by atoms with Gasteiger partial charge in [-0.05, 0) is 17.5 Å². The van der Waals surface area contributed by atoms with Gasteiger partial charge in [-0.1, -0.05) is 12.1 Å². The molecule has 0 radical (unpaired) electrons. The number of benzene rings is 3. The van der Waals surface area contributed by atoms with Crippen molar-refractivity contribution >= 4 is 33.2 Å². The van der Waals surface area contributed by atoms with Crippen molar-refractivity contribution < 1.29 is 34.2 Å². The van der Waals surface area contributed by atoms with Gasteiger partial charge in [0.05, 0.1) is 39.4 Å². The zero-order valence-electron chi connectivity index (χ0n) is 15.3. The lowest BCUT2D eigenvalue weighted by Crippen LogP contribution is -2.99. The van der Waals surface area contributed by atoms with Crippen LogP contribution in [0, 0.1) is 5.21 Å². The molecule has 142 valence electrons. The maximum atomic E-state index is 12.4. The molecule has 0 aliphatic rings. The molecule has 3 aromatic rings. The lowest BCUT2D eigenvalue weighted by molar-refractivity contribution is -0.990. The molecule has 8 nitrogen and oxygen atoms in total. The van der Waals surface area contributed by atoms with Crippen molar-refractivity contribution in [1.82, 2.24) is 0 Å². The van der Waals surface area contributed by atoms with Crippen LogP contribution in [0.15, 0.2) is 30.3 Å². The first-order valence-electron chi connectivity index (χ1n) is 7.98. The third-order valence-corrected chi connectivity index (χ3v) is 4.42. The topological polar surface area (TPSA) is 102 Å². The molecule has 0 fully saturated rings. The van der Waals surface area contributed by atoms with Gasteiger partial charge in [0.1, 0.15) is 5.75 Å². The van der Waals surface area contributed by atoms with Crippen LogP contribution in [0.2, 0.25) is 0 Å². The summed E-state index contributed by atoms with van der Waals surface area (Å²) >= 11 is 0. The first-order valence-corrected chi connectivity index (χ1v) is 7.98. The summed E-state index contributed by atoms with van der Waals surface area (Å²) in [6.07, 6.45) is 0. The second kappa shape index (κ2) is 7.28. The number of rotatable bonds is 5. The zero-order chi connectivity index (χ0) is 19.7. The summed E-state index contributed by atoms with van der Waals surface area (Å²) in [5.74, 6) is 0.436. The average Bonchev–Trinajstić information content (AvgIpc) is 2.70. The summed E-state index contributed by atoms with van der Waals surface area (Å²) in [6.45, 7) is 0. The molecule has 0 heterocycles. The second-order valence-electron chi connectivity index (χ2n) is 5.69. The number of esters is 1. The highest BCUT2D eigenvalue weighted by Gasteiger charge is 2.26. The number of quaternary nitrogens is 1. The summed E-state index contributed by atoms with van der Waals surface area (Å²) in [5.41, 5.74) is 0.00984. The Morgan fingerprint density at radius 3 is 2.22 bits per heavy atom. The van der Waals surface area contributed by atoms with Crippen LogP contribution >= 0.6 is 0 Å². The third-order valence-electron chi connectivity index (χ3n) is 4.42. The van der Waals surface area contributed by atoms with Gasteiger partial charge in [-0.3, -0.25) is 0 Å². The van der Waals surface area contributed by atoms with Crippen LogP contribution in [0.1, 0.15) is 10.4 Å². The maximum absolute atomic E-state index is 12.4. The van der Waals surface area contributed by atoms with Gasteiger partial charge < -0.3 is 24.2 Å². The number of methoxy groups -OCH3 is 4. The molecule has 0 amide bonds. The number of carbonyl (C=O) groups is 1. The number of hydrogen-bond donors (Lipinski definition) is 2. The van der Waals surface area contributed by atoms with Gasteiger partial charge in [-0.25, -0.2) is 10.0 Å². The van der Waals surface area contributed by atoms with E-state index in [4.69, 9.17) is 18.9 Å². The van der Waals surface area contributed by atoms with Crippen LogP contribution in [-0.4, -0.2) is 39.6 Å². The standard InChI is InChI=1S/C19H19NO7/c1-24-14-7-5-6-10-11(14)8-13(20(22)23)16-12(19(21)27-4)9-15(25-2)18(26-3)17(10)16/h5-9,20,22H,1-4H3. The van der Waals surface area contributed by atoms with Crippen molar-refractivity contribution in [1.29, 1.82) is 0 Å². The predicted molar refractivity (Wildman–Crippen MR) is 98.2 cm³/mol. The van der Waals surface area contributed by atoms with E-state index in [1.807, 2.05) is 0 Å². The monoisotopic (exact) mass is 373 g/mol. The maximum Gasteiger partial charge on any atom is 0.338 e. The van der Waals surface area contributed by atoms with Crippen molar-refractivity contribution in [2.24, 2.45) is 0 Å². The normalized spacial score (nSPS) is 12.1. The summed E-state index contributed by atoms with van der Waals surface area (Å²) in [6, 6.07) is 8.21. The smallest absolute Gasteiger partial charge is 0.338 e. The van der Waals surface area contributed by atoms with E-state index >= 15 is 0 Å². The summed E-state index contributed by atoms with van der Waals surface area (Å²) < 4.78 is 21.1. The fraction of sp³-hybridized carbons (Fsp3) is 0.211. The Kier molecular flexibility index (Phi) is 5.04. The largest absolute Gasteiger partial charge is 0.595 e. The first kappa shape index (κ1) is 18.7. The third kappa shape index (κ3) is 2.89. The average molecular weight is 373 g/mol. The summed E-state index contributed by atoms with van der Waals surface area (Å²) in [4.78, 5) is 12.4. The van der Waals surface area contributed by atoms with Crippen LogP contribution in [0.3, 0.4) is 0 Å². The molecule has 0 saturated heterocycles. The van der Waals surface area contributed by atoms with Crippen molar-refractivity contribution in [3.8, 4) is 17.2 Å². The minimum atomic E-state index is -1.19. The molecular formula is C19H19NO7. The van der Waals surface area contributed by atoms with Gasteiger partial charge in [0, 0.05) is 16.8 Å². The molecule has 1 unspecified atom stereocenters. The van der Waals surface area contributed by atoms with E-state index in [2.05, 4.69) is 0 Å². The van der Waals surface area contributed by atoms with Gasteiger partial charge in [0.2, 0.25) is 0 Å². The molecule has 3 rings (SSSR count). The van der Waals surface area contributed by atoms with Gasteiger partial charge in [0.15, 0.2) is 17.2 Å². The van der Waals surface area contributed by atoms with Crippen LogP contribution < -0.4 is 19.4 Å². The number of fused-ring (bicyclic) bond motifs is 3. The predicted octanol–water partition coefficient (Wildman–Crippen LogP) is 2.21. The zero-order valence-corrected chi connectivity index (χ0v) is 15.3. The quantitative estimate of drug-likeness (QED) is 0.402. The lowest BCUT2D eigenvalue weighted by Gasteiger charge is -2.21. The van der Waals surface area contributed by atoms with E-state index in [1.165, 1.54) is 40.6 Å². The van der Waals surface area contributed by atoms with Gasteiger partial charge in [-0.2, -0.15) is 5.23 Å². The molecule has 0 bridgehead atoms. The number of hydrogen-bond acceptors (Lipinski definition) is 7. The lowest BCUT2D eigenvalue weighted by atomic mass is 9.94.